The SMILES string of the molecule is NC(=O)c1cccc(C(=O)N=C2Cc3ccccc3S2)c1.NC(=O)c1cccc(C(=O)O)c1.Nc1nc2ccccc2s1.[3H][B]O. The van der Waals surface area contributed by atoms with Crippen molar-refractivity contribution in [1.29, 1.82) is 1.34 Å². The van der Waals surface area contributed by atoms with Gasteiger partial charge in [-0.25, -0.2) is 14.8 Å². The number of aromatic nitrogens is 1. The lowest BCUT2D eigenvalue weighted by Crippen LogP contribution is -2.11. The highest BCUT2D eigenvalue weighted by atomic mass is 32.2. The van der Waals surface area contributed by atoms with Gasteiger partial charge in [-0.05, 0) is 60.2 Å². The molecule has 0 fully saturated rings. The fourth-order valence-electron chi connectivity index (χ4n) is 3.82. The summed E-state index contributed by atoms with van der Waals surface area (Å²) < 4.78 is 6.79. The van der Waals surface area contributed by atoms with E-state index in [4.69, 9.17) is 28.7 Å². The second-order valence-corrected chi connectivity index (χ2v) is 11.1. The van der Waals surface area contributed by atoms with Gasteiger partial charge in [-0.2, -0.15) is 0 Å². The predicted octanol–water partition coefficient (Wildman–Crippen LogP) is 3.83. The van der Waals surface area contributed by atoms with Crippen LogP contribution < -0.4 is 17.2 Å². The Morgan fingerprint density at radius 1 is 0.822 bits per heavy atom. The van der Waals surface area contributed by atoms with Gasteiger partial charge in [0, 0.05) is 29.3 Å². The molecule has 0 atom stereocenters. The standard InChI is InChI=1S/C16H12N2O2S.C8H7NO3.C7H6N2S.BH2O/c17-15(19)11-5-3-6-12(8-11)16(20)18-14-9-10-4-1-2-7-13(10)21-14;9-7(10)5-2-1-3-6(4-5)8(11)12;8-7-9-5-3-1-2-4-6(5)10-7;1-2/h1-8H,9H2,(H2,17,19);1-4H,(H2,9,10)(H,11,12);1-4H,(H2,8,9);1-2H/i;;;1T. The molecule has 45 heavy (non-hydrogen) atoms. The molecule has 1 aliphatic rings. The van der Waals surface area contributed by atoms with Crippen LogP contribution in [0, 0.1) is 0 Å². The number of aromatic carboxylic acids is 1. The first-order valence-electron chi connectivity index (χ1n) is 13.5. The summed E-state index contributed by atoms with van der Waals surface area (Å²) in [5.41, 5.74) is 18.8. The first-order valence-corrected chi connectivity index (χ1v) is 14.5. The number of carboxylic acids is 1. The molecule has 5 aromatic rings. The van der Waals surface area contributed by atoms with Gasteiger partial charge in [0.05, 0.1) is 20.8 Å². The fourth-order valence-corrected chi connectivity index (χ4v) is 5.58. The highest BCUT2D eigenvalue weighted by molar-refractivity contribution is 8.14. The predicted molar refractivity (Wildman–Crippen MR) is 178 cm³/mol. The molecule has 0 bridgehead atoms. The third kappa shape index (κ3) is 9.86. The summed E-state index contributed by atoms with van der Waals surface area (Å²) in [5.74, 6) is -2.61. The van der Waals surface area contributed by atoms with Crippen molar-refractivity contribution in [2.45, 2.75) is 11.3 Å². The third-order valence-corrected chi connectivity index (χ3v) is 7.82. The van der Waals surface area contributed by atoms with Gasteiger partial charge in [-0.1, -0.05) is 65.6 Å². The number of benzene rings is 4. The lowest BCUT2D eigenvalue weighted by atomic mass is 10.1. The second-order valence-electron chi connectivity index (χ2n) is 8.91. The molecule has 8 N–H and O–H groups in total. The molecule has 6 rings (SSSR count). The van der Waals surface area contributed by atoms with E-state index in [9.17, 15) is 19.2 Å². The van der Waals surface area contributed by atoms with E-state index >= 15 is 0 Å². The van der Waals surface area contributed by atoms with Gasteiger partial charge < -0.3 is 27.3 Å². The molecule has 1 aromatic heterocycles. The van der Waals surface area contributed by atoms with E-state index in [0.29, 0.717) is 22.7 Å². The lowest BCUT2D eigenvalue weighted by molar-refractivity contribution is 0.0696. The number of thiazole rings is 1. The first kappa shape index (κ1) is 32.6. The Morgan fingerprint density at radius 2 is 1.38 bits per heavy atom. The molecular weight excluding hydrogens is 613 g/mol. The number of hydrogen-bond donors (Lipinski definition) is 5. The molecule has 0 spiro atoms. The zero-order valence-corrected chi connectivity index (χ0v) is 25.1. The summed E-state index contributed by atoms with van der Waals surface area (Å²) in [5, 5.41) is 17.1. The van der Waals surface area contributed by atoms with Gasteiger partial charge in [0.15, 0.2) is 5.13 Å². The Hall–Kier alpha value is -5.31. The number of rotatable bonds is 4. The van der Waals surface area contributed by atoms with Crippen LogP contribution in [0.15, 0.2) is 107 Å². The van der Waals surface area contributed by atoms with Crippen LogP contribution in [0.5, 0.6) is 0 Å². The van der Waals surface area contributed by atoms with Gasteiger partial charge >= 0.3 is 5.97 Å². The highest BCUT2D eigenvalue weighted by Crippen LogP contribution is 2.33. The Labute approximate surface area is 268 Å². The maximum atomic E-state index is 12.2. The topological polar surface area (TPSA) is 212 Å². The van der Waals surface area contributed by atoms with Crippen molar-refractivity contribution in [2.75, 3.05) is 5.73 Å². The van der Waals surface area contributed by atoms with E-state index < -0.39 is 17.8 Å². The van der Waals surface area contributed by atoms with Crippen LogP contribution >= 0.6 is 23.1 Å². The quantitative estimate of drug-likeness (QED) is 0.180. The van der Waals surface area contributed by atoms with Gasteiger partial charge in [-0.15, -0.1) is 0 Å². The van der Waals surface area contributed by atoms with Crippen molar-refractivity contribution in [3.05, 3.63) is 125 Å². The van der Waals surface area contributed by atoms with Crippen LogP contribution in [0.1, 0.15) is 47.0 Å². The van der Waals surface area contributed by atoms with Crippen LogP contribution in [0.3, 0.4) is 0 Å². The maximum Gasteiger partial charge on any atom is 0.335 e. The van der Waals surface area contributed by atoms with Crippen LogP contribution in [0.2, 0.25) is 0 Å². The molecule has 3 amide bonds. The average Bonchev–Trinajstić information content (AvgIpc) is 3.64. The number of primary amides is 2. The summed E-state index contributed by atoms with van der Waals surface area (Å²) in [6, 6.07) is 27.8. The van der Waals surface area contributed by atoms with Crippen LogP contribution in [0.4, 0.5) is 5.13 Å². The number of nitrogens with zero attached hydrogens (tertiary/aromatic N) is 2. The number of fused-ring (bicyclic) bond motifs is 2. The minimum atomic E-state index is -1.07. The highest BCUT2D eigenvalue weighted by Gasteiger charge is 2.18. The average molecular weight is 643 g/mol. The summed E-state index contributed by atoms with van der Waals surface area (Å²) in [6.07, 6.45) is 0.669. The number of carboxylic acid groups (broad SMARTS) is 1. The molecule has 11 nitrogen and oxygen atoms in total. The number of nitrogens with two attached hydrogens (primary N) is 3. The number of carbonyl (C=O) groups is 4. The van der Waals surface area contributed by atoms with Crippen molar-refractivity contribution < 1.29 is 29.3 Å². The number of thioether (sulfide) groups is 1. The largest absolute Gasteiger partial charge is 0.478 e. The first-order chi connectivity index (χ1) is 22.0. The molecule has 14 heteroatoms. The van der Waals surface area contributed by atoms with Crippen molar-refractivity contribution in [3.63, 3.8) is 0 Å². The zero-order valence-electron chi connectivity index (χ0n) is 24.5. The molecule has 0 saturated carbocycles. The smallest absolute Gasteiger partial charge is 0.335 e. The third-order valence-electron chi connectivity index (χ3n) is 5.87. The van der Waals surface area contributed by atoms with E-state index in [0.717, 1.165) is 20.2 Å². The van der Waals surface area contributed by atoms with Crippen molar-refractivity contribution in [2.24, 2.45) is 16.5 Å². The van der Waals surface area contributed by atoms with E-state index in [-0.39, 0.29) is 25.0 Å². The van der Waals surface area contributed by atoms with Gasteiger partial charge in [-0.3, -0.25) is 14.4 Å². The van der Waals surface area contributed by atoms with E-state index in [1.54, 1.807) is 18.2 Å². The van der Waals surface area contributed by atoms with Crippen LogP contribution in [0.25, 0.3) is 10.2 Å². The minimum Gasteiger partial charge on any atom is -0.478 e. The van der Waals surface area contributed by atoms with Crippen LogP contribution in [-0.2, 0) is 6.42 Å². The van der Waals surface area contributed by atoms with Gasteiger partial charge in [0.25, 0.3) is 13.9 Å². The number of hydrogen-bond acceptors (Lipinski definition) is 9. The van der Waals surface area contributed by atoms with Gasteiger partial charge in [0.1, 0.15) is 0 Å². The monoisotopic (exact) mass is 642 g/mol. The number of carbonyl (C=O) groups excluding carboxylic acids is 3. The molecule has 1 aliphatic heterocycles. The lowest BCUT2D eigenvalue weighted by Gasteiger charge is -1.99. The Morgan fingerprint density at radius 3 is 1.98 bits per heavy atom. The molecule has 0 saturated heterocycles. The molecule has 2 heterocycles. The Balaban J connectivity index is 0.000000195. The molecule has 227 valence electrons. The number of aliphatic imine (C=N–C) groups is 1. The van der Waals surface area contributed by atoms with Crippen molar-refractivity contribution >= 4 is 75.2 Å². The zero-order chi connectivity index (χ0) is 33.6. The summed E-state index contributed by atoms with van der Waals surface area (Å²) in [7, 11) is 0.250. The maximum absolute atomic E-state index is 12.2. The molecule has 0 aliphatic carbocycles. The molecule has 0 unspecified atom stereocenters. The number of amides is 3. The molecular formula is C31H27BN5O6S2. The van der Waals surface area contributed by atoms with Gasteiger partial charge in [0.2, 0.25) is 11.8 Å². The van der Waals surface area contributed by atoms with Crippen molar-refractivity contribution in [1.82, 2.24) is 4.98 Å². The number of para-hydroxylation sites is 1. The molecule has 4 aromatic carbocycles. The van der Waals surface area contributed by atoms with E-state index in [1.807, 2.05) is 48.5 Å². The molecule has 1 radical (unpaired) electrons. The summed E-state index contributed by atoms with van der Waals surface area (Å²) >= 11 is 3.03. The number of anilines is 1. The Bertz CT molecular complexity index is 1810. The van der Waals surface area contributed by atoms with Crippen LogP contribution in [-0.4, -0.2) is 53.2 Å². The van der Waals surface area contributed by atoms with E-state index in [2.05, 4.69) is 9.98 Å². The number of nitrogen functional groups attached to an aromatic ring is 1. The van der Waals surface area contributed by atoms with Crippen molar-refractivity contribution in [3.8, 4) is 0 Å². The minimum absolute atomic E-state index is 0.0614. The Kier molecular flexibility index (Phi) is 12.0. The summed E-state index contributed by atoms with van der Waals surface area (Å²) in [4.78, 5) is 53.7. The second kappa shape index (κ2) is 16.5. The summed E-state index contributed by atoms with van der Waals surface area (Å²) in [6.45, 7) is 0. The van der Waals surface area contributed by atoms with E-state index in [1.165, 1.54) is 59.0 Å². The normalized spacial score (nSPS) is 12.1. The fraction of sp³-hybridized carbons (Fsp3) is 0.0323.